The van der Waals surface area contributed by atoms with Crippen LogP contribution in [0.1, 0.15) is 32.3 Å². The van der Waals surface area contributed by atoms with Crippen molar-refractivity contribution in [1.29, 1.82) is 0 Å². The van der Waals surface area contributed by atoms with E-state index in [9.17, 15) is 0 Å². The van der Waals surface area contributed by atoms with Gasteiger partial charge in [-0.1, -0.05) is 0 Å². The van der Waals surface area contributed by atoms with Gasteiger partial charge in [-0.05, 0) is 0 Å². The van der Waals surface area contributed by atoms with E-state index in [0.717, 1.165) is 27.2 Å². The second-order valence-corrected chi connectivity index (χ2v) is 20.4. The molecule has 250 valence electrons. The van der Waals surface area contributed by atoms with E-state index in [-0.39, 0.29) is 28.4 Å². The molecule has 1 atom stereocenters. The summed E-state index contributed by atoms with van der Waals surface area (Å²) in [5.74, 6) is 0. The van der Waals surface area contributed by atoms with E-state index in [0.29, 0.717) is 0 Å². The SMILES string of the molecule is Clc1cccc2c([C](c3cccc4c(Cl)cccc34)=[Zr+2]([C]3=CC=CC3)[CH]3c4ccccc4-c4c3c3ccccc3c3ccccc43)cccc12.[Cl-].[Cl-]. The molecule has 0 nitrogen and oxygen atoms in total. The molecule has 0 saturated heterocycles. The molecule has 0 spiro atoms. The molecule has 8 aromatic carbocycles. The molecule has 2 aliphatic rings. The van der Waals surface area contributed by atoms with Crippen LogP contribution in [0.25, 0.3) is 54.2 Å². The standard InChI is InChI=1S/C21H12Cl2.C21H13.C5H5.2ClH.Zr/c22-20-11-3-7-16-14(5-1-9-18(16)20)13-15-6-2-10-19-17(15)8-4-12-21(19)23;1-2-8-15-14(7-1)13-20-18-11-4-3-9-16(18)17-10-5-6-12-19(17)21(15)20;1-2-4-5-3-1;;;/h1-12H;1-13H;1-3H,4H2;2*1H;/q;;;;;+2/p-2. The molecular weight excluding hydrogens is 798 g/mol. The van der Waals surface area contributed by atoms with Gasteiger partial charge in [-0.3, -0.25) is 0 Å². The predicted molar refractivity (Wildman–Crippen MR) is 212 cm³/mol. The van der Waals surface area contributed by atoms with Crippen LogP contribution >= 0.6 is 23.2 Å². The van der Waals surface area contributed by atoms with Gasteiger partial charge in [0.15, 0.2) is 0 Å². The van der Waals surface area contributed by atoms with Crippen molar-refractivity contribution in [2.45, 2.75) is 10.0 Å². The van der Waals surface area contributed by atoms with Crippen molar-refractivity contribution in [3.05, 3.63) is 199 Å². The number of fused-ring (bicyclic) bond motifs is 10. The Hall–Kier alpha value is -3.81. The molecule has 0 fully saturated rings. The normalized spacial score (nSPS) is 14.0. The first-order valence-corrected chi connectivity index (χ1v) is 21.8. The molecule has 0 bridgehead atoms. The van der Waals surface area contributed by atoms with Crippen molar-refractivity contribution in [1.82, 2.24) is 0 Å². The number of hydrogen-bond acceptors (Lipinski definition) is 0. The quantitative estimate of drug-likeness (QED) is 0.162. The maximum Gasteiger partial charge on any atom is -1.00 e. The predicted octanol–water partition coefficient (Wildman–Crippen LogP) is 7.42. The molecule has 52 heavy (non-hydrogen) atoms. The van der Waals surface area contributed by atoms with Gasteiger partial charge in [0.05, 0.1) is 0 Å². The van der Waals surface area contributed by atoms with Gasteiger partial charge in [0, 0.05) is 0 Å². The summed E-state index contributed by atoms with van der Waals surface area (Å²) in [6.45, 7) is 0. The summed E-state index contributed by atoms with van der Waals surface area (Å²) >= 11 is 10.8. The van der Waals surface area contributed by atoms with Crippen LogP contribution < -0.4 is 24.8 Å². The molecule has 0 radical (unpaired) electrons. The molecule has 1 unspecified atom stereocenters. The largest absolute Gasteiger partial charge is 1.00 e. The average Bonchev–Trinajstić information content (AvgIpc) is 3.82. The van der Waals surface area contributed by atoms with Crippen molar-refractivity contribution in [3.63, 3.8) is 0 Å². The van der Waals surface area contributed by atoms with Gasteiger partial charge < -0.3 is 24.8 Å². The van der Waals surface area contributed by atoms with E-state index in [1.165, 1.54) is 68.9 Å². The Bertz CT molecular complexity index is 2740. The van der Waals surface area contributed by atoms with Crippen LogP contribution in [0.2, 0.25) is 10.0 Å². The first kappa shape index (κ1) is 35.2. The smallest absolute Gasteiger partial charge is 1.00 e. The van der Waals surface area contributed by atoms with Gasteiger partial charge in [-0.15, -0.1) is 0 Å². The molecule has 0 amide bonds. The minimum absolute atomic E-state index is 0. The summed E-state index contributed by atoms with van der Waals surface area (Å²) in [5.41, 5.74) is 8.31. The summed E-state index contributed by atoms with van der Waals surface area (Å²) in [5, 5.41) is 11.5. The zero-order valence-corrected chi connectivity index (χ0v) is 33.4. The van der Waals surface area contributed by atoms with Crippen LogP contribution in [0.15, 0.2) is 167 Å². The summed E-state index contributed by atoms with van der Waals surface area (Å²) in [6.07, 6.45) is 8.07. The Morgan fingerprint density at radius 2 is 1.00 bits per heavy atom. The van der Waals surface area contributed by atoms with E-state index in [1.807, 2.05) is 12.1 Å². The fraction of sp³-hybridized carbons (Fsp3) is 0.0426. The fourth-order valence-corrected chi connectivity index (χ4v) is 18.5. The zero-order chi connectivity index (χ0) is 33.3. The number of allylic oxidation sites excluding steroid dienone is 4. The monoisotopic (exact) mass is 824 g/mol. The Morgan fingerprint density at radius 1 is 0.500 bits per heavy atom. The summed E-state index contributed by atoms with van der Waals surface area (Å²) in [6, 6.07) is 53.5. The molecule has 0 saturated carbocycles. The summed E-state index contributed by atoms with van der Waals surface area (Å²) in [7, 11) is 0. The molecule has 0 N–H and O–H groups in total. The van der Waals surface area contributed by atoms with Gasteiger partial charge >= 0.3 is 311 Å². The van der Waals surface area contributed by atoms with E-state index in [1.54, 1.807) is 3.28 Å². The number of hydrogen-bond donors (Lipinski definition) is 0. The zero-order valence-electron chi connectivity index (χ0n) is 27.9. The third-order valence-corrected chi connectivity index (χ3v) is 19.6. The van der Waals surface area contributed by atoms with Crippen molar-refractivity contribution in [3.8, 4) is 11.1 Å². The molecule has 10 rings (SSSR count). The van der Waals surface area contributed by atoms with Gasteiger partial charge in [0.2, 0.25) is 0 Å². The van der Waals surface area contributed by atoms with Crippen LogP contribution in [0.5, 0.6) is 0 Å². The first-order chi connectivity index (χ1) is 24.7. The van der Waals surface area contributed by atoms with Crippen LogP contribution in [0.3, 0.4) is 0 Å². The maximum atomic E-state index is 6.95. The van der Waals surface area contributed by atoms with Gasteiger partial charge in [0.1, 0.15) is 0 Å². The molecule has 0 aliphatic heterocycles. The van der Waals surface area contributed by atoms with E-state index in [2.05, 4.69) is 152 Å². The summed E-state index contributed by atoms with van der Waals surface area (Å²) < 4.78 is 3.35. The Labute approximate surface area is 333 Å². The minimum Gasteiger partial charge on any atom is -1.00 e. The van der Waals surface area contributed by atoms with Crippen LogP contribution in [0.4, 0.5) is 0 Å². The van der Waals surface area contributed by atoms with Crippen molar-refractivity contribution >= 4 is 69.5 Å². The molecule has 0 aromatic heterocycles. The van der Waals surface area contributed by atoms with Gasteiger partial charge in [-0.25, -0.2) is 0 Å². The van der Waals surface area contributed by atoms with E-state index in [4.69, 9.17) is 23.2 Å². The fourth-order valence-electron chi connectivity index (χ4n) is 8.74. The first-order valence-electron chi connectivity index (χ1n) is 17.2. The third kappa shape index (κ3) is 5.40. The maximum absolute atomic E-state index is 6.95. The Kier molecular flexibility index (Phi) is 9.63. The van der Waals surface area contributed by atoms with Crippen LogP contribution in [-0.4, -0.2) is 3.21 Å². The van der Waals surface area contributed by atoms with Crippen molar-refractivity contribution in [2.75, 3.05) is 0 Å². The molecule has 2 aliphatic carbocycles. The van der Waals surface area contributed by atoms with Crippen LogP contribution in [-0.2, 0) is 21.3 Å². The minimum atomic E-state index is -3.10. The third-order valence-electron chi connectivity index (χ3n) is 10.8. The van der Waals surface area contributed by atoms with E-state index < -0.39 is 21.3 Å². The Balaban J connectivity index is 0.00000193. The van der Waals surface area contributed by atoms with Crippen molar-refractivity contribution < 1.29 is 46.1 Å². The topological polar surface area (TPSA) is 0 Å². The Morgan fingerprint density at radius 3 is 1.62 bits per heavy atom. The van der Waals surface area contributed by atoms with Crippen molar-refractivity contribution in [2.24, 2.45) is 0 Å². The van der Waals surface area contributed by atoms with E-state index >= 15 is 0 Å². The molecule has 8 aromatic rings. The summed E-state index contributed by atoms with van der Waals surface area (Å²) in [4.78, 5) is 0. The van der Waals surface area contributed by atoms with Crippen LogP contribution in [0, 0.1) is 0 Å². The average molecular weight is 828 g/mol. The van der Waals surface area contributed by atoms with Gasteiger partial charge in [-0.2, -0.15) is 0 Å². The molecule has 5 heteroatoms. The number of benzene rings is 8. The second-order valence-electron chi connectivity index (χ2n) is 13.3. The molecule has 0 heterocycles. The number of rotatable bonds is 4. The number of halogens is 4. The van der Waals surface area contributed by atoms with Gasteiger partial charge in [0.25, 0.3) is 0 Å². The molecular formula is C47H30Cl4Zr. The second kappa shape index (κ2) is 14.2.